The summed E-state index contributed by atoms with van der Waals surface area (Å²) in [5.74, 6) is -0.0792. The third-order valence-electron chi connectivity index (χ3n) is 8.03. The summed E-state index contributed by atoms with van der Waals surface area (Å²) in [6, 6.07) is 3.08. The summed E-state index contributed by atoms with van der Waals surface area (Å²) in [5.41, 5.74) is 0.658. The number of fused-ring (bicyclic) bond motifs is 1. The molecule has 2 fully saturated rings. The molecule has 0 atom stereocenters. The van der Waals surface area contributed by atoms with Crippen molar-refractivity contribution in [3.05, 3.63) is 52.0 Å². The normalized spacial score (nSPS) is 15.7. The van der Waals surface area contributed by atoms with E-state index in [4.69, 9.17) is 27.9 Å². The highest BCUT2D eigenvalue weighted by Crippen LogP contribution is 2.36. The van der Waals surface area contributed by atoms with Crippen molar-refractivity contribution in [2.24, 2.45) is 0 Å². The lowest BCUT2D eigenvalue weighted by molar-refractivity contribution is -0.130. The number of amides is 3. The van der Waals surface area contributed by atoms with Crippen LogP contribution >= 0.6 is 23.2 Å². The Kier molecular flexibility index (Phi) is 9.10. The molecule has 5 rings (SSSR count). The number of benzene rings is 1. The number of rotatable bonds is 7. The van der Waals surface area contributed by atoms with E-state index >= 15 is 0 Å². The summed E-state index contributed by atoms with van der Waals surface area (Å²) >= 11 is 13.3. The summed E-state index contributed by atoms with van der Waals surface area (Å²) in [6.45, 7) is 17.8. The van der Waals surface area contributed by atoms with E-state index in [0.29, 0.717) is 40.7 Å². The molecule has 0 aliphatic carbocycles. The number of aromatic nitrogens is 4. The van der Waals surface area contributed by atoms with E-state index in [-0.39, 0.29) is 59.8 Å². The highest BCUT2D eigenvalue weighted by Gasteiger charge is 2.40. The minimum Gasteiger partial charge on any atom is -0.444 e. The molecule has 2 aromatic heterocycles. The number of imidazole rings is 1. The molecule has 13 nitrogen and oxygen atoms in total. The third-order valence-corrected chi connectivity index (χ3v) is 8.60. The van der Waals surface area contributed by atoms with Crippen LogP contribution in [0.15, 0.2) is 24.8 Å². The predicted octanol–water partition coefficient (Wildman–Crippen LogP) is 5.03. The van der Waals surface area contributed by atoms with Gasteiger partial charge in [0, 0.05) is 43.5 Å². The van der Waals surface area contributed by atoms with Crippen LogP contribution in [0.2, 0.25) is 10.2 Å². The van der Waals surface area contributed by atoms with Crippen molar-refractivity contribution in [2.45, 2.75) is 78.1 Å². The SMILES string of the molecule is C=CC(=O)N1CC(NC(=O)c2c(Cl)nc(CNc3nn(C(C)=O)c4cc(Cl)c(C(C)(C)C)cc34)n2C2CN(C(=O)OC(C)(C)C)C2)C1. The largest absolute Gasteiger partial charge is 0.444 e. The van der Waals surface area contributed by atoms with Gasteiger partial charge in [-0.3, -0.25) is 14.4 Å². The maximum absolute atomic E-state index is 13.6. The first-order chi connectivity index (χ1) is 21.9. The lowest BCUT2D eigenvalue weighted by atomic mass is 9.86. The summed E-state index contributed by atoms with van der Waals surface area (Å²) in [6.07, 6.45) is 0.777. The van der Waals surface area contributed by atoms with Crippen LogP contribution in [0.4, 0.5) is 10.6 Å². The first-order valence-electron chi connectivity index (χ1n) is 15.3. The number of nitrogens with one attached hydrogen (secondary N) is 2. The van der Waals surface area contributed by atoms with E-state index < -0.39 is 17.6 Å². The maximum atomic E-state index is 13.6. The van der Waals surface area contributed by atoms with Gasteiger partial charge in [0.1, 0.15) is 17.1 Å². The lowest BCUT2D eigenvalue weighted by Crippen LogP contribution is -2.61. The monoisotopic (exact) mass is 686 g/mol. The number of likely N-dealkylation sites (tertiary alicyclic amines) is 2. The van der Waals surface area contributed by atoms with Crippen LogP contribution in [0.25, 0.3) is 10.9 Å². The van der Waals surface area contributed by atoms with Crippen molar-refractivity contribution in [3.8, 4) is 0 Å². The number of anilines is 1. The van der Waals surface area contributed by atoms with Gasteiger partial charge in [-0.25, -0.2) is 9.78 Å². The molecule has 2 saturated heterocycles. The van der Waals surface area contributed by atoms with Gasteiger partial charge in [-0.15, -0.1) is 5.10 Å². The fourth-order valence-corrected chi connectivity index (χ4v) is 6.36. The topological polar surface area (TPSA) is 144 Å². The minimum absolute atomic E-state index is 0.00529. The molecule has 0 saturated carbocycles. The van der Waals surface area contributed by atoms with Crippen molar-refractivity contribution in [1.82, 2.24) is 34.4 Å². The molecule has 3 aromatic rings. The Labute approximate surface area is 283 Å². The van der Waals surface area contributed by atoms with Crippen LogP contribution in [-0.2, 0) is 21.5 Å². The Hall–Kier alpha value is -4.10. The Morgan fingerprint density at radius 3 is 2.28 bits per heavy atom. The molecule has 15 heteroatoms. The van der Waals surface area contributed by atoms with E-state index in [2.05, 4.69) is 27.3 Å². The van der Waals surface area contributed by atoms with E-state index in [9.17, 15) is 19.2 Å². The number of halogens is 2. The first-order valence-corrected chi connectivity index (χ1v) is 16.1. The highest BCUT2D eigenvalue weighted by molar-refractivity contribution is 6.33. The van der Waals surface area contributed by atoms with Crippen LogP contribution < -0.4 is 10.6 Å². The lowest BCUT2D eigenvalue weighted by Gasteiger charge is -2.42. The van der Waals surface area contributed by atoms with Gasteiger partial charge in [0.2, 0.25) is 11.8 Å². The molecule has 4 heterocycles. The highest BCUT2D eigenvalue weighted by atomic mass is 35.5. The second-order valence-corrected chi connectivity index (χ2v) is 14.7. The Morgan fingerprint density at radius 2 is 1.70 bits per heavy atom. The van der Waals surface area contributed by atoms with Crippen molar-refractivity contribution in [3.63, 3.8) is 0 Å². The van der Waals surface area contributed by atoms with E-state index in [1.54, 1.807) is 41.2 Å². The predicted molar refractivity (Wildman–Crippen MR) is 179 cm³/mol. The molecule has 0 radical (unpaired) electrons. The summed E-state index contributed by atoms with van der Waals surface area (Å²) in [7, 11) is 0. The van der Waals surface area contributed by atoms with Gasteiger partial charge in [-0.1, -0.05) is 50.6 Å². The van der Waals surface area contributed by atoms with Gasteiger partial charge >= 0.3 is 6.09 Å². The number of nitrogens with zero attached hydrogens (tertiary/aromatic N) is 6. The van der Waals surface area contributed by atoms with Gasteiger partial charge in [0.05, 0.1) is 24.1 Å². The first kappa shape index (κ1) is 34.2. The standard InChI is InChI=1S/C32H40Cl2N8O5/c1-9-25(44)39-13-18(14-39)36-29(45)26-27(34)37-24(41(26)19-15-40(16-19)30(46)47-32(6,7)8)12-35-28-20-10-21(31(3,4)5)22(33)11-23(20)42(38-28)17(2)43/h9-11,18-19H,1,12-16H2,2-8H3,(H,35,38)(H,36,45). The maximum Gasteiger partial charge on any atom is 0.410 e. The number of carbonyl (C=O) groups excluding carboxylic acids is 4. The third kappa shape index (κ3) is 6.96. The molecule has 0 unspecified atom stereocenters. The van der Waals surface area contributed by atoms with Crippen molar-refractivity contribution in [1.29, 1.82) is 0 Å². The fraction of sp³-hybridized carbons (Fsp3) is 0.500. The van der Waals surface area contributed by atoms with Gasteiger partial charge in [0.25, 0.3) is 5.91 Å². The zero-order chi connectivity index (χ0) is 34.6. The van der Waals surface area contributed by atoms with E-state index in [0.717, 1.165) is 5.56 Å². The fourth-order valence-electron chi connectivity index (χ4n) is 5.64. The Morgan fingerprint density at radius 1 is 1.04 bits per heavy atom. The van der Waals surface area contributed by atoms with Crippen molar-refractivity contribution >= 4 is 63.7 Å². The second-order valence-electron chi connectivity index (χ2n) is 13.9. The Bertz CT molecular complexity index is 1770. The smallest absolute Gasteiger partial charge is 0.410 e. The molecule has 47 heavy (non-hydrogen) atoms. The number of hydrogen-bond donors (Lipinski definition) is 2. The molecular weight excluding hydrogens is 647 g/mol. The van der Waals surface area contributed by atoms with Crippen LogP contribution in [0.5, 0.6) is 0 Å². The number of carbonyl (C=O) groups is 4. The summed E-state index contributed by atoms with van der Waals surface area (Å²) in [4.78, 5) is 58.4. The van der Waals surface area contributed by atoms with Gasteiger partial charge in [-0.05, 0) is 50.0 Å². The zero-order valence-corrected chi connectivity index (χ0v) is 29.1. The van der Waals surface area contributed by atoms with Gasteiger partial charge in [0.15, 0.2) is 11.0 Å². The summed E-state index contributed by atoms with van der Waals surface area (Å²) in [5, 5.41) is 12.0. The molecular formula is C32H40Cl2N8O5. The van der Waals surface area contributed by atoms with E-state index in [1.165, 1.54) is 17.7 Å². The molecule has 252 valence electrons. The zero-order valence-electron chi connectivity index (χ0n) is 27.6. The second kappa shape index (κ2) is 12.5. The van der Waals surface area contributed by atoms with Crippen LogP contribution in [0, 0.1) is 0 Å². The van der Waals surface area contributed by atoms with Crippen LogP contribution in [0.1, 0.15) is 81.2 Å². The van der Waals surface area contributed by atoms with Crippen LogP contribution in [-0.4, -0.2) is 90.8 Å². The van der Waals surface area contributed by atoms with E-state index in [1.807, 2.05) is 26.8 Å². The quantitative estimate of drug-likeness (QED) is 0.330. The molecule has 0 spiro atoms. The number of hydrogen-bond acceptors (Lipinski definition) is 8. The minimum atomic E-state index is -0.659. The molecule has 2 N–H and O–H groups in total. The summed E-state index contributed by atoms with van der Waals surface area (Å²) < 4.78 is 8.54. The van der Waals surface area contributed by atoms with Crippen LogP contribution in [0.3, 0.4) is 0 Å². The van der Waals surface area contributed by atoms with Gasteiger partial charge < -0.3 is 29.7 Å². The van der Waals surface area contributed by atoms with Crippen molar-refractivity contribution < 1.29 is 23.9 Å². The average molecular weight is 688 g/mol. The molecule has 2 aliphatic rings. The molecule has 1 aromatic carbocycles. The Balaban J connectivity index is 1.45. The van der Waals surface area contributed by atoms with Crippen molar-refractivity contribution in [2.75, 3.05) is 31.5 Å². The average Bonchev–Trinajstić information content (AvgIpc) is 3.42. The van der Waals surface area contributed by atoms with Gasteiger partial charge in [-0.2, -0.15) is 4.68 Å². The molecule has 3 amide bonds. The molecule has 0 bridgehead atoms. The number of ether oxygens (including phenoxy) is 1. The molecule has 2 aliphatic heterocycles.